The normalized spacial score (nSPS) is 12.8. The van der Waals surface area contributed by atoms with Crippen LogP contribution < -0.4 is 18.9 Å². The van der Waals surface area contributed by atoms with Gasteiger partial charge >= 0.3 is 18.9 Å². The molecule has 1 nitrogen and oxygen atoms in total. The monoisotopic (exact) mass is 287 g/mol. The summed E-state index contributed by atoms with van der Waals surface area (Å²) in [5.74, 6) is 0. The van der Waals surface area contributed by atoms with Crippen LogP contribution in [0.25, 0.3) is 4.98 Å². The summed E-state index contributed by atoms with van der Waals surface area (Å²) in [6, 6.07) is 6.01. The Balaban J connectivity index is 0.00000361. The van der Waals surface area contributed by atoms with Gasteiger partial charge in [-0.05, 0) is 23.9 Å². The molecule has 0 bridgehead atoms. The Morgan fingerprint density at radius 2 is 1.25 bits per heavy atom. The van der Waals surface area contributed by atoms with E-state index in [1.54, 1.807) is 0 Å². The third-order valence-corrected chi connectivity index (χ3v) is 8.20. The summed E-state index contributed by atoms with van der Waals surface area (Å²) in [6.45, 7) is 15.9. The van der Waals surface area contributed by atoms with Crippen LogP contribution in [0, 0.1) is 13.8 Å². The average Bonchev–Trinajstić information content (AvgIpc) is 2.20. The number of aryl methyl sites for hydroxylation is 2. The molecule has 0 unspecified atom stereocenters. The molecular formula is C16H27FLiNSi. The molecule has 1 rings (SSSR count). The quantitative estimate of drug-likeness (QED) is 0.585. The van der Waals surface area contributed by atoms with Gasteiger partial charge in [-0.15, -0.1) is 5.69 Å². The van der Waals surface area contributed by atoms with Crippen LogP contribution in [0.5, 0.6) is 0 Å². The molecule has 0 fully saturated rings. The number of benzene rings is 1. The van der Waals surface area contributed by atoms with Gasteiger partial charge in [0.05, 0.1) is 0 Å². The molecule has 0 aliphatic heterocycles. The van der Waals surface area contributed by atoms with Crippen molar-refractivity contribution >= 4 is 14.3 Å². The SMILES string of the molecule is Cc1cccc(C)c1[N-][Si](F)(C(C)(C)C)C(C)(C)C.[Li+]. The predicted molar refractivity (Wildman–Crippen MR) is 85.2 cm³/mol. The van der Waals surface area contributed by atoms with E-state index in [-0.39, 0.29) is 18.9 Å². The Kier molecular flexibility index (Phi) is 6.18. The molecular weight excluding hydrogens is 260 g/mol. The van der Waals surface area contributed by atoms with Crippen LogP contribution in [0.4, 0.5) is 9.80 Å². The van der Waals surface area contributed by atoms with Gasteiger partial charge in [-0.3, -0.25) is 0 Å². The maximum Gasteiger partial charge on any atom is 1.00 e. The predicted octanol–water partition coefficient (Wildman–Crippen LogP) is 3.32. The first-order chi connectivity index (χ1) is 8.40. The summed E-state index contributed by atoms with van der Waals surface area (Å²) in [5, 5.41) is -0.833. The number of rotatable bonds is 2. The van der Waals surface area contributed by atoms with Crippen molar-refractivity contribution in [1.29, 1.82) is 0 Å². The topological polar surface area (TPSA) is 14.1 Å². The van der Waals surface area contributed by atoms with E-state index in [0.29, 0.717) is 0 Å². The molecule has 0 radical (unpaired) electrons. The fraction of sp³-hybridized carbons (Fsp3) is 0.625. The van der Waals surface area contributed by atoms with Crippen molar-refractivity contribution in [1.82, 2.24) is 0 Å². The van der Waals surface area contributed by atoms with Crippen molar-refractivity contribution in [2.75, 3.05) is 0 Å². The second kappa shape index (κ2) is 6.26. The van der Waals surface area contributed by atoms with Crippen molar-refractivity contribution in [2.45, 2.75) is 65.5 Å². The first kappa shape index (κ1) is 19.8. The number of hydrogen-bond donors (Lipinski definition) is 0. The Morgan fingerprint density at radius 3 is 1.55 bits per heavy atom. The molecule has 0 spiro atoms. The number of halogens is 1. The second-order valence-corrected chi connectivity index (χ2v) is 11.9. The standard InChI is InChI=1S/C16H27FNSi.Li/c1-12-10-9-11-13(2)14(12)18-19(17,15(3,4)5)16(6,7)8;/h9-11H,1-8H3;/q-1;+1. The van der Waals surface area contributed by atoms with Gasteiger partial charge in [-0.2, -0.15) is 0 Å². The molecule has 20 heavy (non-hydrogen) atoms. The Bertz CT molecular complexity index is 426. The van der Waals surface area contributed by atoms with Gasteiger partial charge in [0.1, 0.15) is 0 Å². The summed E-state index contributed by atoms with van der Waals surface area (Å²) in [5.41, 5.74) is 2.97. The van der Waals surface area contributed by atoms with Crippen LogP contribution in [-0.4, -0.2) is 8.57 Å². The third kappa shape index (κ3) is 3.69. The first-order valence-electron chi connectivity index (χ1n) is 6.88. The van der Waals surface area contributed by atoms with Crippen LogP contribution >= 0.6 is 0 Å². The average molecular weight is 287 g/mol. The van der Waals surface area contributed by atoms with E-state index in [4.69, 9.17) is 4.98 Å². The third-order valence-electron chi connectivity index (χ3n) is 3.69. The van der Waals surface area contributed by atoms with E-state index in [1.165, 1.54) is 0 Å². The zero-order chi connectivity index (χ0) is 15.1. The summed E-state index contributed by atoms with van der Waals surface area (Å²) >= 11 is 0. The summed E-state index contributed by atoms with van der Waals surface area (Å²) in [7, 11) is -3.33. The van der Waals surface area contributed by atoms with E-state index in [9.17, 15) is 0 Å². The summed E-state index contributed by atoms with van der Waals surface area (Å²) in [6.07, 6.45) is 0. The fourth-order valence-electron chi connectivity index (χ4n) is 2.60. The van der Waals surface area contributed by atoms with Crippen molar-refractivity contribution in [3.63, 3.8) is 0 Å². The van der Waals surface area contributed by atoms with Gasteiger partial charge in [0.2, 0.25) is 0 Å². The molecule has 108 valence electrons. The zero-order valence-corrected chi connectivity index (χ0v) is 15.6. The number of hydrogen-bond acceptors (Lipinski definition) is 0. The van der Waals surface area contributed by atoms with Gasteiger partial charge in [0.25, 0.3) is 0 Å². The molecule has 0 heterocycles. The fourth-order valence-corrected chi connectivity index (χ4v) is 6.18. The minimum atomic E-state index is -3.33. The summed E-state index contributed by atoms with van der Waals surface area (Å²) < 4.78 is 15.8. The van der Waals surface area contributed by atoms with E-state index < -0.39 is 18.6 Å². The van der Waals surface area contributed by atoms with E-state index in [0.717, 1.165) is 16.8 Å². The van der Waals surface area contributed by atoms with Gasteiger partial charge in [0, 0.05) is 0 Å². The Hall–Kier alpha value is -0.236. The van der Waals surface area contributed by atoms with Gasteiger partial charge in [0.15, 0.2) is 8.57 Å². The molecule has 0 N–H and O–H groups in total. The van der Waals surface area contributed by atoms with Crippen molar-refractivity contribution < 1.29 is 23.0 Å². The molecule has 1 aromatic carbocycles. The first-order valence-corrected chi connectivity index (χ1v) is 8.71. The Labute approximate surface area is 137 Å². The van der Waals surface area contributed by atoms with Gasteiger partial charge < -0.3 is 9.09 Å². The van der Waals surface area contributed by atoms with Crippen LogP contribution in [0.1, 0.15) is 52.7 Å². The largest absolute Gasteiger partial charge is 1.00 e. The molecule has 0 aromatic heterocycles. The summed E-state index contributed by atoms with van der Waals surface area (Å²) in [4.78, 5) is 4.70. The van der Waals surface area contributed by atoms with E-state index in [1.807, 2.05) is 73.6 Å². The van der Waals surface area contributed by atoms with Crippen LogP contribution in [0.15, 0.2) is 18.2 Å². The molecule has 0 aliphatic carbocycles. The smallest absolute Gasteiger partial charge is 0.660 e. The van der Waals surface area contributed by atoms with Gasteiger partial charge in [-0.25, -0.2) is 0 Å². The van der Waals surface area contributed by atoms with E-state index in [2.05, 4.69) is 0 Å². The molecule has 4 heteroatoms. The molecule has 0 atom stereocenters. The van der Waals surface area contributed by atoms with E-state index >= 15 is 4.11 Å². The van der Waals surface area contributed by atoms with Gasteiger partial charge in [-0.1, -0.05) is 70.9 Å². The van der Waals surface area contributed by atoms with Crippen LogP contribution in [0.2, 0.25) is 10.1 Å². The Morgan fingerprint density at radius 1 is 0.900 bits per heavy atom. The maximum atomic E-state index is 15.8. The second-order valence-electron chi connectivity index (χ2n) is 7.47. The minimum absolute atomic E-state index is 0. The van der Waals surface area contributed by atoms with Crippen molar-refractivity contribution in [2.24, 2.45) is 0 Å². The molecule has 0 saturated heterocycles. The molecule has 0 amide bonds. The maximum absolute atomic E-state index is 15.8. The van der Waals surface area contributed by atoms with Crippen molar-refractivity contribution in [3.05, 3.63) is 34.3 Å². The molecule has 0 aliphatic rings. The van der Waals surface area contributed by atoms with Crippen LogP contribution in [0.3, 0.4) is 0 Å². The molecule has 1 aromatic rings. The zero-order valence-electron chi connectivity index (χ0n) is 14.6. The molecule has 0 saturated carbocycles. The number of nitrogens with zero attached hydrogens (tertiary/aromatic N) is 1. The minimum Gasteiger partial charge on any atom is -0.660 e. The van der Waals surface area contributed by atoms with Crippen LogP contribution in [-0.2, 0) is 0 Å². The van der Waals surface area contributed by atoms with Crippen molar-refractivity contribution in [3.8, 4) is 0 Å².